The van der Waals surface area contributed by atoms with Crippen LogP contribution in [0.3, 0.4) is 0 Å². The Labute approximate surface area is 226 Å². The number of phenolic OH excluding ortho intramolecular Hbond substituents is 1. The van der Waals surface area contributed by atoms with Gasteiger partial charge in [0.15, 0.2) is 17.4 Å². The van der Waals surface area contributed by atoms with Crippen molar-refractivity contribution in [3.05, 3.63) is 29.6 Å². The van der Waals surface area contributed by atoms with E-state index in [9.17, 15) is 19.4 Å². The maximum atomic E-state index is 13.5. The zero-order chi connectivity index (χ0) is 27.6. The maximum absolute atomic E-state index is 13.5. The number of halogens is 1. The summed E-state index contributed by atoms with van der Waals surface area (Å²) in [5.41, 5.74) is 0.424. The molecule has 9 heteroatoms. The molecule has 0 aliphatic carbocycles. The average molecular weight is 540 g/mol. The van der Waals surface area contributed by atoms with E-state index in [2.05, 4.69) is 12.2 Å². The summed E-state index contributed by atoms with van der Waals surface area (Å²) in [6.07, 6.45) is 9.84. The first-order chi connectivity index (χ1) is 18.2. The van der Waals surface area contributed by atoms with Gasteiger partial charge in [-0.05, 0) is 38.0 Å². The molecule has 1 aromatic carbocycles. The molecule has 0 radical (unpaired) electrons. The summed E-state index contributed by atoms with van der Waals surface area (Å²) in [6, 6.07) is 3.80. The van der Waals surface area contributed by atoms with Crippen LogP contribution in [-0.4, -0.2) is 65.8 Å². The highest BCUT2D eigenvalue weighted by Crippen LogP contribution is 2.45. The molecular weight excluding hydrogens is 493 g/mol. The normalized spacial score (nSPS) is 26.0. The number of phenols is 1. The van der Waals surface area contributed by atoms with Crippen LogP contribution in [0.15, 0.2) is 18.2 Å². The smallest absolute Gasteiger partial charge is 0.224 e. The molecule has 2 fully saturated rings. The number of amides is 1. The summed E-state index contributed by atoms with van der Waals surface area (Å²) in [4.78, 5) is 12.4. The molecule has 2 aliphatic rings. The standard InChI is InChI=1S/C29H46FNO7/c1-4-5-6-7-8-9-10-11-12-13-16-35-20-29-27(37-28(2,3)38-29)26(34)24(36-29)19-31-25(33)18-21-14-15-23(32)22(30)17-21/h14-15,17,24,26-27,32,34H,4-13,16,18-20H2,1-3H3,(H,31,33)/t24-,26+,27-,29-/m0/s1. The van der Waals surface area contributed by atoms with Crippen molar-refractivity contribution in [2.75, 3.05) is 19.8 Å². The molecule has 3 N–H and O–H groups in total. The van der Waals surface area contributed by atoms with E-state index in [1.807, 2.05) is 0 Å². The van der Waals surface area contributed by atoms with Gasteiger partial charge in [-0.3, -0.25) is 4.79 Å². The first kappa shape index (κ1) is 30.8. The topological polar surface area (TPSA) is 106 Å². The molecule has 8 nitrogen and oxygen atoms in total. The molecule has 1 aromatic rings. The molecule has 0 aromatic heterocycles. The molecule has 2 saturated heterocycles. The van der Waals surface area contributed by atoms with E-state index in [1.54, 1.807) is 13.8 Å². The number of aromatic hydroxyl groups is 1. The number of fused-ring (bicyclic) bond motifs is 1. The lowest BCUT2D eigenvalue weighted by Gasteiger charge is -2.28. The number of nitrogens with one attached hydrogen (secondary N) is 1. The lowest BCUT2D eigenvalue weighted by atomic mass is 10.1. The Morgan fingerprint density at radius 1 is 1.05 bits per heavy atom. The summed E-state index contributed by atoms with van der Waals surface area (Å²) >= 11 is 0. The molecular formula is C29H46FNO7. The maximum Gasteiger partial charge on any atom is 0.224 e. The number of benzene rings is 1. The third kappa shape index (κ3) is 8.88. The van der Waals surface area contributed by atoms with Crippen molar-refractivity contribution >= 4 is 5.91 Å². The number of ether oxygens (including phenoxy) is 4. The van der Waals surface area contributed by atoms with Crippen LogP contribution in [0.2, 0.25) is 0 Å². The van der Waals surface area contributed by atoms with Crippen LogP contribution in [0.4, 0.5) is 4.39 Å². The van der Waals surface area contributed by atoms with Crippen molar-refractivity contribution in [1.82, 2.24) is 5.32 Å². The van der Waals surface area contributed by atoms with Gasteiger partial charge in [0.1, 0.15) is 24.9 Å². The predicted molar refractivity (Wildman–Crippen MR) is 141 cm³/mol. The molecule has 0 spiro atoms. The van der Waals surface area contributed by atoms with Gasteiger partial charge in [-0.2, -0.15) is 0 Å². The van der Waals surface area contributed by atoms with Crippen molar-refractivity contribution in [2.24, 2.45) is 0 Å². The largest absolute Gasteiger partial charge is 0.505 e. The summed E-state index contributed by atoms with van der Waals surface area (Å²) in [6.45, 7) is 6.48. The van der Waals surface area contributed by atoms with Gasteiger partial charge in [-0.15, -0.1) is 0 Å². The van der Waals surface area contributed by atoms with E-state index in [4.69, 9.17) is 18.9 Å². The van der Waals surface area contributed by atoms with E-state index in [0.717, 1.165) is 18.9 Å². The summed E-state index contributed by atoms with van der Waals surface area (Å²) < 4.78 is 37.6. The fourth-order valence-electron chi connectivity index (χ4n) is 5.17. The molecule has 2 aliphatic heterocycles. The zero-order valence-corrected chi connectivity index (χ0v) is 23.2. The van der Waals surface area contributed by atoms with Crippen LogP contribution in [0.25, 0.3) is 0 Å². The first-order valence-electron chi connectivity index (χ1n) is 14.2. The first-order valence-corrected chi connectivity index (χ1v) is 14.2. The zero-order valence-electron chi connectivity index (χ0n) is 23.2. The Balaban J connectivity index is 1.39. The predicted octanol–water partition coefficient (Wildman–Crippen LogP) is 4.74. The second kappa shape index (κ2) is 14.6. The lowest BCUT2D eigenvalue weighted by molar-refractivity contribution is -0.277. The van der Waals surface area contributed by atoms with Gasteiger partial charge in [0.05, 0.1) is 6.42 Å². The molecule has 4 atom stereocenters. The van der Waals surface area contributed by atoms with E-state index in [-0.39, 0.29) is 25.5 Å². The van der Waals surface area contributed by atoms with Gasteiger partial charge in [-0.1, -0.05) is 70.8 Å². The van der Waals surface area contributed by atoms with Crippen molar-refractivity contribution < 1.29 is 38.3 Å². The van der Waals surface area contributed by atoms with Crippen LogP contribution in [0.1, 0.15) is 90.5 Å². The van der Waals surface area contributed by atoms with Gasteiger partial charge < -0.3 is 34.5 Å². The molecule has 2 heterocycles. The number of rotatable bonds is 17. The molecule has 0 bridgehead atoms. The Hall–Kier alpha value is -1.78. The van der Waals surface area contributed by atoms with E-state index >= 15 is 0 Å². The Morgan fingerprint density at radius 2 is 1.71 bits per heavy atom. The number of hydrogen-bond donors (Lipinski definition) is 3. The van der Waals surface area contributed by atoms with Gasteiger partial charge in [0, 0.05) is 13.2 Å². The van der Waals surface area contributed by atoms with Gasteiger partial charge in [-0.25, -0.2) is 4.39 Å². The molecule has 0 saturated carbocycles. The number of carbonyl (C=O) groups is 1. The van der Waals surface area contributed by atoms with Crippen LogP contribution < -0.4 is 5.32 Å². The fourth-order valence-corrected chi connectivity index (χ4v) is 5.17. The quantitative estimate of drug-likeness (QED) is 0.246. The Bertz CT molecular complexity index is 882. The number of aliphatic hydroxyl groups excluding tert-OH is 1. The third-order valence-electron chi connectivity index (χ3n) is 7.13. The monoisotopic (exact) mass is 539 g/mol. The van der Waals surface area contributed by atoms with Crippen LogP contribution in [-0.2, 0) is 30.2 Å². The van der Waals surface area contributed by atoms with Crippen LogP contribution in [0, 0.1) is 5.82 Å². The minimum atomic E-state index is -1.25. The fraction of sp³-hybridized carbons (Fsp3) is 0.759. The second-order valence-electron chi connectivity index (χ2n) is 11.0. The van der Waals surface area contributed by atoms with E-state index < -0.39 is 41.5 Å². The second-order valence-corrected chi connectivity index (χ2v) is 11.0. The van der Waals surface area contributed by atoms with E-state index in [0.29, 0.717) is 12.2 Å². The van der Waals surface area contributed by atoms with E-state index in [1.165, 1.54) is 63.5 Å². The number of carbonyl (C=O) groups excluding carboxylic acids is 1. The molecule has 38 heavy (non-hydrogen) atoms. The average Bonchev–Trinajstić information content (AvgIpc) is 3.27. The van der Waals surface area contributed by atoms with Gasteiger partial charge in [0.25, 0.3) is 0 Å². The number of hydrogen-bond acceptors (Lipinski definition) is 7. The van der Waals surface area contributed by atoms with Crippen LogP contribution in [0.5, 0.6) is 5.75 Å². The molecule has 216 valence electrons. The highest BCUT2D eigenvalue weighted by atomic mass is 19.1. The highest BCUT2D eigenvalue weighted by Gasteiger charge is 2.64. The SMILES string of the molecule is CCCCCCCCCCCCOC[C@@]12O[C@@H](CNC(=O)Cc3ccc(O)c(F)c3)[C@@H](O)[C@@H]1OC(C)(C)O2. The lowest BCUT2D eigenvalue weighted by Crippen LogP contribution is -2.45. The van der Waals surface area contributed by atoms with Crippen molar-refractivity contribution in [3.63, 3.8) is 0 Å². The Kier molecular flexibility index (Phi) is 11.8. The van der Waals surface area contributed by atoms with Crippen molar-refractivity contribution in [1.29, 1.82) is 0 Å². The minimum Gasteiger partial charge on any atom is -0.505 e. The van der Waals surface area contributed by atoms with Gasteiger partial charge in [0.2, 0.25) is 11.7 Å². The highest BCUT2D eigenvalue weighted by molar-refractivity contribution is 5.78. The Morgan fingerprint density at radius 3 is 2.37 bits per heavy atom. The summed E-state index contributed by atoms with van der Waals surface area (Å²) in [5, 5.41) is 22.9. The number of unbranched alkanes of at least 4 members (excludes halogenated alkanes) is 9. The number of aliphatic hydroxyl groups is 1. The summed E-state index contributed by atoms with van der Waals surface area (Å²) in [5.74, 6) is -3.81. The molecule has 1 amide bonds. The summed E-state index contributed by atoms with van der Waals surface area (Å²) in [7, 11) is 0. The van der Waals surface area contributed by atoms with Crippen LogP contribution >= 0.6 is 0 Å². The third-order valence-corrected chi connectivity index (χ3v) is 7.13. The minimum absolute atomic E-state index is 0.0322. The molecule has 0 unspecified atom stereocenters. The van der Waals surface area contributed by atoms with Crippen molar-refractivity contribution in [3.8, 4) is 5.75 Å². The molecule has 3 rings (SSSR count). The van der Waals surface area contributed by atoms with Crippen molar-refractivity contribution in [2.45, 2.75) is 121 Å². The van der Waals surface area contributed by atoms with Gasteiger partial charge >= 0.3 is 0 Å².